The molecule has 6 heteroatoms. The Morgan fingerprint density at radius 2 is 2.07 bits per heavy atom. The SMILES string of the molecule is CN(c1ccc(O)cc1CN)S(C)(=O)=O. The third-order valence-electron chi connectivity index (χ3n) is 2.12. The molecule has 0 amide bonds. The number of hydrogen-bond donors (Lipinski definition) is 2. The van der Waals surface area contributed by atoms with Crippen molar-refractivity contribution in [1.82, 2.24) is 0 Å². The summed E-state index contributed by atoms with van der Waals surface area (Å²) in [6, 6.07) is 4.41. The Morgan fingerprint density at radius 1 is 1.47 bits per heavy atom. The Hall–Kier alpha value is -1.27. The number of sulfonamides is 1. The van der Waals surface area contributed by atoms with E-state index in [2.05, 4.69) is 0 Å². The summed E-state index contributed by atoms with van der Waals surface area (Å²) in [6.45, 7) is 0.170. The van der Waals surface area contributed by atoms with Crippen molar-refractivity contribution in [2.24, 2.45) is 5.73 Å². The van der Waals surface area contributed by atoms with E-state index in [1.165, 1.54) is 25.2 Å². The Balaban J connectivity index is 3.26. The van der Waals surface area contributed by atoms with Crippen molar-refractivity contribution >= 4 is 15.7 Å². The Kier molecular flexibility index (Phi) is 3.21. The Labute approximate surface area is 89.2 Å². The van der Waals surface area contributed by atoms with Gasteiger partial charge in [-0.1, -0.05) is 0 Å². The van der Waals surface area contributed by atoms with Gasteiger partial charge in [0.25, 0.3) is 0 Å². The van der Waals surface area contributed by atoms with Crippen LogP contribution in [0.5, 0.6) is 5.75 Å². The van der Waals surface area contributed by atoms with Gasteiger partial charge in [-0.25, -0.2) is 8.42 Å². The molecular weight excluding hydrogens is 216 g/mol. The first-order valence-corrected chi connectivity index (χ1v) is 6.17. The van der Waals surface area contributed by atoms with Crippen molar-refractivity contribution in [3.8, 4) is 5.75 Å². The highest BCUT2D eigenvalue weighted by Crippen LogP contribution is 2.25. The van der Waals surface area contributed by atoms with E-state index in [1.807, 2.05) is 0 Å². The van der Waals surface area contributed by atoms with E-state index < -0.39 is 10.0 Å². The van der Waals surface area contributed by atoms with E-state index in [1.54, 1.807) is 0 Å². The molecule has 0 heterocycles. The van der Waals surface area contributed by atoms with E-state index in [9.17, 15) is 13.5 Å². The maximum Gasteiger partial charge on any atom is 0.232 e. The molecule has 0 saturated carbocycles. The summed E-state index contributed by atoms with van der Waals surface area (Å²) in [7, 11) is -1.86. The van der Waals surface area contributed by atoms with Gasteiger partial charge in [-0.2, -0.15) is 0 Å². The lowest BCUT2D eigenvalue weighted by Gasteiger charge is -2.19. The van der Waals surface area contributed by atoms with Crippen molar-refractivity contribution in [3.05, 3.63) is 23.8 Å². The minimum absolute atomic E-state index is 0.0705. The van der Waals surface area contributed by atoms with Gasteiger partial charge >= 0.3 is 0 Å². The quantitative estimate of drug-likeness (QED) is 0.779. The average molecular weight is 230 g/mol. The van der Waals surface area contributed by atoms with Crippen molar-refractivity contribution in [2.75, 3.05) is 17.6 Å². The van der Waals surface area contributed by atoms with E-state index in [0.29, 0.717) is 11.3 Å². The second-order valence-electron chi connectivity index (χ2n) is 3.25. The van der Waals surface area contributed by atoms with Crippen LogP contribution in [-0.2, 0) is 16.6 Å². The zero-order chi connectivity index (χ0) is 11.6. The topological polar surface area (TPSA) is 83.6 Å². The maximum atomic E-state index is 11.3. The van der Waals surface area contributed by atoms with Crippen LogP contribution in [0.3, 0.4) is 0 Å². The Bertz CT molecular complexity index is 456. The summed E-state index contributed by atoms with van der Waals surface area (Å²) >= 11 is 0. The molecule has 0 bridgehead atoms. The number of benzene rings is 1. The van der Waals surface area contributed by atoms with Crippen molar-refractivity contribution in [3.63, 3.8) is 0 Å². The lowest BCUT2D eigenvalue weighted by Crippen LogP contribution is -2.26. The van der Waals surface area contributed by atoms with Crippen LogP contribution in [0.1, 0.15) is 5.56 Å². The number of hydrogen-bond acceptors (Lipinski definition) is 4. The monoisotopic (exact) mass is 230 g/mol. The minimum Gasteiger partial charge on any atom is -0.508 e. The highest BCUT2D eigenvalue weighted by molar-refractivity contribution is 7.92. The van der Waals surface area contributed by atoms with Gasteiger partial charge in [-0.15, -0.1) is 0 Å². The molecule has 1 aromatic rings. The zero-order valence-electron chi connectivity index (χ0n) is 8.64. The molecule has 0 aromatic heterocycles. The number of rotatable bonds is 3. The summed E-state index contributed by atoms with van der Waals surface area (Å²) < 4.78 is 23.7. The van der Waals surface area contributed by atoms with Gasteiger partial charge in [-0.3, -0.25) is 4.31 Å². The smallest absolute Gasteiger partial charge is 0.232 e. The van der Waals surface area contributed by atoms with E-state index in [4.69, 9.17) is 5.73 Å². The lowest BCUT2D eigenvalue weighted by molar-refractivity contribution is 0.474. The van der Waals surface area contributed by atoms with Crippen molar-refractivity contribution < 1.29 is 13.5 Å². The highest BCUT2D eigenvalue weighted by atomic mass is 32.2. The molecule has 0 fully saturated rings. The Morgan fingerprint density at radius 3 is 2.53 bits per heavy atom. The fourth-order valence-electron chi connectivity index (χ4n) is 1.22. The molecule has 0 aliphatic heterocycles. The first-order chi connectivity index (χ1) is 6.86. The molecule has 1 rings (SSSR count). The third kappa shape index (κ3) is 2.60. The third-order valence-corrected chi connectivity index (χ3v) is 3.31. The molecule has 0 radical (unpaired) electrons. The van der Waals surface area contributed by atoms with Crippen LogP contribution < -0.4 is 10.0 Å². The number of phenols is 1. The van der Waals surface area contributed by atoms with Crippen LogP contribution in [-0.4, -0.2) is 26.8 Å². The minimum atomic E-state index is -3.31. The largest absolute Gasteiger partial charge is 0.508 e. The predicted molar refractivity (Wildman–Crippen MR) is 59.2 cm³/mol. The first kappa shape index (κ1) is 11.8. The van der Waals surface area contributed by atoms with Crippen molar-refractivity contribution in [2.45, 2.75) is 6.54 Å². The van der Waals surface area contributed by atoms with Gasteiger partial charge in [0.15, 0.2) is 0 Å². The molecule has 0 spiro atoms. The van der Waals surface area contributed by atoms with E-state index >= 15 is 0 Å². The number of anilines is 1. The number of nitrogens with zero attached hydrogens (tertiary/aromatic N) is 1. The molecule has 0 atom stereocenters. The molecular formula is C9H14N2O3S. The van der Waals surface area contributed by atoms with Crippen LogP contribution in [0, 0.1) is 0 Å². The van der Waals surface area contributed by atoms with Crippen LogP contribution in [0.25, 0.3) is 0 Å². The summed E-state index contributed by atoms with van der Waals surface area (Å²) in [5, 5.41) is 9.23. The first-order valence-electron chi connectivity index (χ1n) is 4.32. The normalized spacial score (nSPS) is 11.4. The molecule has 15 heavy (non-hydrogen) atoms. The summed E-state index contributed by atoms with van der Waals surface area (Å²) in [5.41, 5.74) is 6.54. The standard InChI is InChI=1S/C9H14N2O3S/c1-11(15(2,13)14)9-4-3-8(12)5-7(9)6-10/h3-5,12H,6,10H2,1-2H3. The predicted octanol–water partition coefficient (Wildman–Crippen LogP) is 0.247. The van der Waals surface area contributed by atoms with Gasteiger partial charge in [0.05, 0.1) is 11.9 Å². The van der Waals surface area contributed by atoms with Crippen LogP contribution in [0.2, 0.25) is 0 Å². The van der Waals surface area contributed by atoms with Gasteiger partial charge in [0, 0.05) is 13.6 Å². The molecule has 5 nitrogen and oxygen atoms in total. The number of aromatic hydroxyl groups is 1. The number of nitrogens with two attached hydrogens (primary N) is 1. The second kappa shape index (κ2) is 4.08. The van der Waals surface area contributed by atoms with Crippen LogP contribution in [0.4, 0.5) is 5.69 Å². The van der Waals surface area contributed by atoms with Gasteiger partial charge in [0.1, 0.15) is 5.75 Å². The van der Waals surface area contributed by atoms with Crippen LogP contribution in [0.15, 0.2) is 18.2 Å². The summed E-state index contributed by atoms with van der Waals surface area (Å²) in [5.74, 6) is 0.0705. The fourth-order valence-corrected chi connectivity index (χ4v) is 1.76. The number of phenolic OH excluding ortho intramolecular Hbond substituents is 1. The average Bonchev–Trinajstić information content (AvgIpc) is 2.15. The highest BCUT2D eigenvalue weighted by Gasteiger charge is 2.15. The van der Waals surface area contributed by atoms with Crippen molar-refractivity contribution in [1.29, 1.82) is 0 Å². The molecule has 0 aliphatic carbocycles. The molecule has 0 saturated heterocycles. The molecule has 0 unspecified atom stereocenters. The van der Waals surface area contributed by atoms with Gasteiger partial charge in [0.2, 0.25) is 10.0 Å². The van der Waals surface area contributed by atoms with E-state index in [-0.39, 0.29) is 12.3 Å². The second-order valence-corrected chi connectivity index (χ2v) is 5.26. The summed E-state index contributed by atoms with van der Waals surface area (Å²) in [4.78, 5) is 0. The molecule has 1 aromatic carbocycles. The molecule has 84 valence electrons. The molecule has 3 N–H and O–H groups in total. The maximum absolute atomic E-state index is 11.3. The molecule has 0 aliphatic rings. The zero-order valence-corrected chi connectivity index (χ0v) is 9.45. The van der Waals surface area contributed by atoms with Crippen LogP contribution >= 0.6 is 0 Å². The summed E-state index contributed by atoms with van der Waals surface area (Å²) in [6.07, 6.45) is 1.11. The lowest BCUT2D eigenvalue weighted by atomic mass is 10.1. The van der Waals surface area contributed by atoms with Gasteiger partial charge in [-0.05, 0) is 23.8 Å². The fraction of sp³-hybridized carbons (Fsp3) is 0.333. The van der Waals surface area contributed by atoms with E-state index in [0.717, 1.165) is 10.6 Å². The van der Waals surface area contributed by atoms with Gasteiger partial charge < -0.3 is 10.8 Å².